The lowest BCUT2D eigenvalue weighted by molar-refractivity contribution is 0.0697. The van der Waals surface area contributed by atoms with Crippen molar-refractivity contribution in [2.75, 3.05) is 0 Å². The van der Waals surface area contributed by atoms with Crippen molar-refractivity contribution >= 4 is 28.1 Å². The minimum Gasteiger partial charge on any atom is -0.506 e. The number of fused-ring (bicyclic) bond motifs is 1. The topological polar surface area (TPSA) is 102 Å². The highest BCUT2D eigenvalue weighted by molar-refractivity contribution is 5.92. The number of benzene rings is 3. The number of phenols is 2. The van der Waals surface area contributed by atoms with Gasteiger partial charge in [0, 0.05) is 5.39 Å². The van der Waals surface area contributed by atoms with E-state index in [1.165, 1.54) is 18.2 Å². The van der Waals surface area contributed by atoms with E-state index in [1.54, 1.807) is 24.3 Å². The monoisotopic (exact) mass is 308 g/mol. The number of aromatic carboxylic acids is 1. The minimum absolute atomic E-state index is 0.0115. The second-order valence-electron chi connectivity index (χ2n) is 4.86. The maximum Gasteiger partial charge on any atom is 0.335 e. The molecule has 0 fully saturated rings. The Bertz CT molecular complexity index is 935. The average Bonchev–Trinajstić information content (AvgIpc) is 2.55. The van der Waals surface area contributed by atoms with Crippen LogP contribution in [0, 0.1) is 0 Å². The molecular formula is C17H12N2O4. The number of phenolic OH excluding ortho intramolecular Hbond substituents is 2. The van der Waals surface area contributed by atoms with Gasteiger partial charge in [0.2, 0.25) is 0 Å². The van der Waals surface area contributed by atoms with E-state index in [1.807, 2.05) is 12.1 Å². The van der Waals surface area contributed by atoms with Gasteiger partial charge in [-0.3, -0.25) is 0 Å². The third-order valence-electron chi connectivity index (χ3n) is 3.37. The van der Waals surface area contributed by atoms with Crippen LogP contribution in [0.5, 0.6) is 11.5 Å². The Morgan fingerprint density at radius 3 is 2.39 bits per heavy atom. The second-order valence-corrected chi connectivity index (χ2v) is 4.86. The molecule has 0 heterocycles. The van der Waals surface area contributed by atoms with Gasteiger partial charge in [-0.05, 0) is 29.7 Å². The van der Waals surface area contributed by atoms with Crippen molar-refractivity contribution in [3.63, 3.8) is 0 Å². The number of nitrogens with zero attached hydrogens (tertiary/aromatic N) is 2. The zero-order chi connectivity index (χ0) is 16.4. The van der Waals surface area contributed by atoms with Gasteiger partial charge in [0.05, 0.1) is 5.56 Å². The fourth-order valence-electron chi connectivity index (χ4n) is 2.17. The predicted octanol–water partition coefficient (Wildman–Crippen LogP) is 4.36. The number of carboxylic acid groups (broad SMARTS) is 1. The summed E-state index contributed by atoms with van der Waals surface area (Å²) in [5.74, 6) is -1.35. The molecule has 6 nitrogen and oxygen atoms in total. The Morgan fingerprint density at radius 2 is 1.61 bits per heavy atom. The lowest BCUT2D eigenvalue weighted by Gasteiger charge is -2.04. The van der Waals surface area contributed by atoms with Gasteiger partial charge >= 0.3 is 5.97 Å². The summed E-state index contributed by atoms with van der Waals surface area (Å²) in [5, 5.41) is 38.2. The van der Waals surface area contributed by atoms with Crippen molar-refractivity contribution in [1.29, 1.82) is 0 Å². The van der Waals surface area contributed by atoms with Crippen molar-refractivity contribution in [1.82, 2.24) is 0 Å². The molecule has 0 atom stereocenters. The van der Waals surface area contributed by atoms with Crippen molar-refractivity contribution < 1.29 is 20.1 Å². The summed E-state index contributed by atoms with van der Waals surface area (Å²) >= 11 is 0. The van der Waals surface area contributed by atoms with Crippen molar-refractivity contribution in [2.24, 2.45) is 10.2 Å². The number of aromatic hydroxyl groups is 2. The van der Waals surface area contributed by atoms with Crippen LogP contribution in [-0.4, -0.2) is 21.3 Å². The largest absolute Gasteiger partial charge is 0.506 e. The van der Waals surface area contributed by atoms with Gasteiger partial charge in [-0.15, -0.1) is 10.2 Å². The summed E-state index contributed by atoms with van der Waals surface area (Å²) in [6.07, 6.45) is 0. The smallest absolute Gasteiger partial charge is 0.335 e. The number of carbonyl (C=O) groups is 1. The quantitative estimate of drug-likeness (QED) is 0.625. The summed E-state index contributed by atoms with van der Waals surface area (Å²) in [6.45, 7) is 0. The van der Waals surface area contributed by atoms with Crippen LogP contribution in [-0.2, 0) is 0 Å². The number of carboxylic acids is 1. The van der Waals surface area contributed by atoms with E-state index in [2.05, 4.69) is 10.2 Å². The predicted molar refractivity (Wildman–Crippen MR) is 84.9 cm³/mol. The molecule has 3 rings (SSSR count). The highest BCUT2D eigenvalue weighted by Gasteiger charge is 2.09. The van der Waals surface area contributed by atoms with Crippen molar-refractivity contribution in [2.45, 2.75) is 0 Å². The molecule has 114 valence electrons. The fraction of sp³-hybridized carbons (Fsp3) is 0. The summed E-state index contributed by atoms with van der Waals surface area (Å²) in [5.41, 5.74) is 0.223. The van der Waals surface area contributed by atoms with Crippen molar-refractivity contribution in [3.8, 4) is 11.5 Å². The Hall–Kier alpha value is -3.41. The number of hydrogen-bond donors (Lipinski definition) is 3. The van der Waals surface area contributed by atoms with Crippen LogP contribution in [0.1, 0.15) is 10.4 Å². The van der Waals surface area contributed by atoms with E-state index in [0.29, 0.717) is 5.39 Å². The normalized spacial score (nSPS) is 11.1. The van der Waals surface area contributed by atoms with Crippen LogP contribution in [0.2, 0.25) is 0 Å². The molecule has 0 aliphatic heterocycles. The van der Waals surface area contributed by atoms with Crippen LogP contribution in [0.3, 0.4) is 0 Å². The molecule has 0 aliphatic rings. The molecule has 0 saturated carbocycles. The average molecular weight is 308 g/mol. The van der Waals surface area contributed by atoms with E-state index >= 15 is 0 Å². The van der Waals surface area contributed by atoms with Gasteiger partial charge in [-0.2, -0.15) is 0 Å². The summed E-state index contributed by atoms with van der Waals surface area (Å²) < 4.78 is 0. The zero-order valence-corrected chi connectivity index (χ0v) is 11.8. The van der Waals surface area contributed by atoms with Gasteiger partial charge in [0.1, 0.15) is 17.1 Å². The first-order chi connectivity index (χ1) is 11.1. The molecule has 23 heavy (non-hydrogen) atoms. The highest BCUT2D eigenvalue weighted by atomic mass is 16.4. The van der Waals surface area contributed by atoms with E-state index in [0.717, 1.165) is 5.39 Å². The zero-order valence-electron chi connectivity index (χ0n) is 11.8. The Kier molecular flexibility index (Phi) is 3.64. The molecule has 0 unspecified atom stereocenters. The second kappa shape index (κ2) is 5.76. The first-order valence-corrected chi connectivity index (χ1v) is 6.75. The molecule has 3 N–H and O–H groups in total. The molecule has 3 aromatic rings. The van der Waals surface area contributed by atoms with Crippen molar-refractivity contribution in [3.05, 3.63) is 60.2 Å². The van der Waals surface area contributed by atoms with E-state index < -0.39 is 5.97 Å². The molecule has 3 aromatic carbocycles. The van der Waals surface area contributed by atoms with E-state index in [4.69, 9.17) is 5.11 Å². The Morgan fingerprint density at radius 1 is 0.870 bits per heavy atom. The molecule has 0 radical (unpaired) electrons. The van der Waals surface area contributed by atoms with Gasteiger partial charge in [-0.1, -0.05) is 30.3 Å². The van der Waals surface area contributed by atoms with E-state index in [-0.39, 0.29) is 28.4 Å². The first kappa shape index (κ1) is 14.5. The van der Waals surface area contributed by atoms with Crippen LogP contribution < -0.4 is 0 Å². The summed E-state index contributed by atoms with van der Waals surface area (Å²) in [4.78, 5) is 10.9. The lowest BCUT2D eigenvalue weighted by Crippen LogP contribution is -1.94. The first-order valence-electron chi connectivity index (χ1n) is 6.75. The van der Waals surface area contributed by atoms with Crippen LogP contribution in [0.15, 0.2) is 64.8 Å². The lowest BCUT2D eigenvalue weighted by atomic mass is 10.1. The summed E-state index contributed by atoms with van der Waals surface area (Å²) in [6, 6.07) is 14.4. The number of rotatable bonds is 3. The third kappa shape index (κ3) is 2.82. The standard InChI is InChI=1S/C17H12N2O4/c20-15-8-6-11(17(22)23)9-14(15)19-18-13-7-5-10-3-1-2-4-12(10)16(13)21/h1-9,20-21H,(H,22,23). The Balaban J connectivity index is 2.02. The van der Waals surface area contributed by atoms with Crippen LogP contribution >= 0.6 is 0 Å². The summed E-state index contributed by atoms with van der Waals surface area (Å²) in [7, 11) is 0. The van der Waals surface area contributed by atoms with Crippen LogP contribution in [0.25, 0.3) is 10.8 Å². The maximum absolute atomic E-state index is 10.9. The molecule has 6 heteroatoms. The van der Waals surface area contributed by atoms with Gasteiger partial charge in [0.15, 0.2) is 5.75 Å². The highest BCUT2D eigenvalue weighted by Crippen LogP contribution is 2.36. The van der Waals surface area contributed by atoms with Crippen LogP contribution in [0.4, 0.5) is 11.4 Å². The molecular weight excluding hydrogens is 296 g/mol. The molecule has 0 spiro atoms. The molecule has 0 bridgehead atoms. The fourth-order valence-corrected chi connectivity index (χ4v) is 2.17. The maximum atomic E-state index is 10.9. The SMILES string of the molecule is O=C(O)c1ccc(O)c(N=Nc2ccc3ccccc3c2O)c1. The molecule has 0 saturated heterocycles. The van der Waals surface area contributed by atoms with Gasteiger partial charge < -0.3 is 15.3 Å². The molecule has 0 aliphatic carbocycles. The van der Waals surface area contributed by atoms with E-state index in [9.17, 15) is 15.0 Å². The minimum atomic E-state index is -1.13. The van der Waals surface area contributed by atoms with Gasteiger partial charge in [-0.25, -0.2) is 4.79 Å². The molecule has 0 amide bonds. The number of azo groups is 1. The Labute approximate surface area is 131 Å². The molecule has 0 aromatic heterocycles. The third-order valence-corrected chi connectivity index (χ3v) is 3.37. The number of hydrogen-bond acceptors (Lipinski definition) is 5. The van der Waals surface area contributed by atoms with Gasteiger partial charge in [0.25, 0.3) is 0 Å².